The zero-order valence-corrected chi connectivity index (χ0v) is 11.5. The second-order valence-electron chi connectivity index (χ2n) is 5.97. The van der Waals surface area contributed by atoms with Crippen molar-refractivity contribution < 1.29 is 39.5 Å². The average molecular weight is 216 g/mol. The molecule has 78 valence electrons. The molecule has 4 rings (SSSR count). The quantitative estimate of drug-likeness (QED) is 0.519. The molecule has 4 aliphatic rings. The molecule has 4 aliphatic carbocycles. The Morgan fingerprint density at radius 3 is 1.80 bits per heavy atom. The summed E-state index contributed by atoms with van der Waals surface area (Å²) in [5, 5.41) is 10.8. The van der Waals surface area contributed by atoms with Gasteiger partial charge in [0.25, 0.3) is 0 Å². The SMILES string of the molecule is O=C([O-])CC12CC3CC(CC(C3)C1)C2.[Na+]. The molecule has 0 N–H and O–H groups in total. The number of hydrogen-bond acceptors (Lipinski definition) is 2. The molecule has 4 fully saturated rings. The Morgan fingerprint density at radius 1 is 1.07 bits per heavy atom. The molecule has 0 atom stereocenters. The Balaban J connectivity index is 0.000000853. The average Bonchev–Trinajstić information content (AvgIpc) is 1.96. The summed E-state index contributed by atoms with van der Waals surface area (Å²) in [6, 6.07) is 0. The molecule has 0 aromatic rings. The minimum atomic E-state index is -0.827. The van der Waals surface area contributed by atoms with Crippen molar-refractivity contribution in [3.63, 3.8) is 0 Å². The van der Waals surface area contributed by atoms with E-state index in [1.54, 1.807) is 0 Å². The summed E-state index contributed by atoms with van der Waals surface area (Å²) >= 11 is 0. The molecule has 4 bridgehead atoms. The number of carboxylic acid groups (broad SMARTS) is 1. The van der Waals surface area contributed by atoms with E-state index in [1.165, 1.54) is 38.5 Å². The van der Waals surface area contributed by atoms with E-state index in [2.05, 4.69) is 0 Å². The fourth-order valence-electron chi connectivity index (χ4n) is 4.81. The summed E-state index contributed by atoms with van der Waals surface area (Å²) in [5.74, 6) is 1.72. The van der Waals surface area contributed by atoms with Crippen molar-refractivity contribution in [3.05, 3.63) is 0 Å². The molecule has 0 unspecified atom stereocenters. The third kappa shape index (κ3) is 2.13. The molecule has 0 radical (unpaired) electrons. The number of carbonyl (C=O) groups excluding carboxylic acids is 1. The van der Waals surface area contributed by atoms with E-state index in [-0.39, 0.29) is 35.0 Å². The fraction of sp³-hybridized carbons (Fsp3) is 0.917. The molecule has 2 nitrogen and oxygen atoms in total. The Bertz CT molecular complexity index is 240. The van der Waals surface area contributed by atoms with Gasteiger partial charge < -0.3 is 9.90 Å². The van der Waals surface area contributed by atoms with Crippen LogP contribution in [0.5, 0.6) is 0 Å². The number of carbonyl (C=O) groups is 1. The normalized spacial score (nSPS) is 46.3. The van der Waals surface area contributed by atoms with Crippen LogP contribution in [0.4, 0.5) is 0 Å². The van der Waals surface area contributed by atoms with E-state index >= 15 is 0 Å². The molecule has 0 aromatic carbocycles. The summed E-state index contributed by atoms with van der Waals surface area (Å²) in [6.07, 6.45) is 7.99. The van der Waals surface area contributed by atoms with E-state index in [4.69, 9.17) is 0 Å². The summed E-state index contributed by atoms with van der Waals surface area (Å²) in [6.45, 7) is 0. The minimum absolute atomic E-state index is 0. The van der Waals surface area contributed by atoms with Gasteiger partial charge in [0.15, 0.2) is 0 Å². The maximum Gasteiger partial charge on any atom is 1.00 e. The monoisotopic (exact) mass is 216 g/mol. The third-order valence-corrected chi connectivity index (χ3v) is 4.68. The van der Waals surface area contributed by atoms with E-state index in [9.17, 15) is 9.90 Å². The first-order valence-corrected chi connectivity index (χ1v) is 5.85. The van der Waals surface area contributed by atoms with E-state index in [0.717, 1.165) is 17.8 Å². The summed E-state index contributed by atoms with van der Waals surface area (Å²) < 4.78 is 0. The molecule has 0 spiro atoms. The molecule has 4 saturated carbocycles. The second-order valence-corrected chi connectivity index (χ2v) is 5.97. The first-order valence-electron chi connectivity index (χ1n) is 5.85. The third-order valence-electron chi connectivity index (χ3n) is 4.68. The van der Waals surface area contributed by atoms with Crippen molar-refractivity contribution in [2.75, 3.05) is 0 Å². The van der Waals surface area contributed by atoms with Crippen LogP contribution in [0.15, 0.2) is 0 Å². The van der Waals surface area contributed by atoms with Gasteiger partial charge in [0.2, 0.25) is 0 Å². The van der Waals surface area contributed by atoms with E-state index in [0.29, 0.717) is 6.42 Å². The number of rotatable bonds is 2. The Kier molecular flexibility index (Phi) is 3.22. The summed E-state index contributed by atoms with van der Waals surface area (Å²) in [5.41, 5.74) is 0.160. The number of aliphatic carboxylic acids is 1. The molecular weight excluding hydrogens is 199 g/mol. The predicted octanol–water partition coefficient (Wildman–Crippen LogP) is -1.65. The standard InChI is InChI=1S/C12H18O2.Na/c13-11(14)7-12-4-8-1-9(5-12)3-10(2-8)6-12;/h8-10H,1-7H2,(H,13,14);/q;+1/p-1. The number of hydrogen-bond donors (Lipinski definition) is 0. The van der Waals surface area contributed by atoms with Gasteiger partial charge in [-0.1, -0.05) is 0 Å². The van der Waals surface area contributed by atoms with Gasteiger partial charge in [-0.2, -0.15) is 0 Å². The van der Waals surface area contributed by atoms with Crippen LogP contribution in [0.2, 0.25) is 0 Å². The predicted molar refractivity (Wildman–Crippen MR) is 50.2 cm³/mol. The van der Waals surface area contributed by atoms with Crippen LogP contribution >= 0.6 is 0 Å². The summed E-state index contributed by atoms with van der Waals surface area (Å²) in [7, 11) is 0. The number of carboxylic acids is 1. The zero-order valence-electron chi connectivity index (χ0n) is 9.50. The zero-order chi connectivity index (χ0) is 9.76. The molecule has 0 saturated heterocycles. The Morgan fingerprint density at radius 2 is 1.47 bits per heavy atom. The van der Waals surface area contributed by atoms with Gasteiger partial charge >= 0.3 is 29.6 Å². The van der Waals surface area contributed by atoms with E-state index in [1.807, 2.05) is 0 Å². The van der Waals surface area contributed by atoms with E-state index < -0.39 is 5.97 Å². The smallest absolute Gasteiger partial charge is 0.550 e. The minimum Gasteiger partial charge on any atom is -0.550 e. The second kappa shape index (κ2) is 4.05. The van der Waals surface area contributed by atoms with Crippen molar-refractivity contribution in [3.8, 4) is 0 Å². The molecule has 15 heavy (non-hydrogen) atoms. The first kappa shape index (κ1) is 11.9. The Hall–Kier alpha value is 0.470. The molecule has 3 heteroatoms. The maximum atomic E-state index is 10.8. The van der Waals surface area contributed by atoms with Gasteiger partial charge in [0, 0.05) is 5.97 Å². The molecule has 0 aromatic heterocycles. The van der Waals surface area contributed by atoms with Crippen LogP contribution in [0.3, 0.4) is 0 Å². The van der Waals surface area contributed by atoms with Crippen LogP contribution in [0.25, 0.3) is 0 Å². The molecule has 0 aliphatic heterocycles. The van der Waals surface area contributed by atoms with Gasteiger partial charge in [-0.15, -0.1) is 0 Å². The summed E-state index contributed by atoms with van der Waals surface area (Å²) in [4.78, 5) is 10.8. The maximum absolute atomic E-state index is 10.8. The Labute approximate surface area is 113 Å². The van der Waals surface area contributed by atoms with Crippen molar-refractivity contribution in [2.24, 2.45) is 23.2 Å². The molecule has 0 amide bonds. The van der Waals surface area contributed by atoms with Crippen molar-refractivity contribution in [2.45, 2.75) is 44.9 Å². The first-order chi connectivity index (χ1) is 6.65. The van der Waals surface area contributed by atoms with Crippen LogP contribution in [0, 0.1) is 23.2 Å². The van der Waals surface area contributed by atoms with Crippen LogP contribution < -0.4 is 34.7 Å². The molecule has 0 heterocycles. The topological polar surface area (TPSA) is 40.1 Å². The fourth-order valence-corrected chi connectivity index (χ4v) is 4.81. The van der Waals surface area contributed by atoms with Crippen LogP contribution in [-0.4, -0.2) is 5.97 Å². The van der Waals surface area contributed by atoms with Crippen molar-refractivity contribution in [1.29, 1.82) is 0 Å². The van der Waals surface area contributed by atoms with Gasteiger partial charge in [-0.05, 0) is 68.1 Å². The largest absolute Gasteiger partial charge is 1.00 e. The van der Waals surface area contributed by atoms with Gasteiger partial charge in [-0.25, -0.2) is 0 Å². The van der Waals surface area contributed by atoms with Crippen LogP contribution in [0.1, 0.15) is 44.9 Å². The van der Waals surface area contributed by atoms with Gasteiger partial charge in [-0.3, -0.25) is 0 Å². The van der Waals surface area contributed by atoms with Gasteiger partial charge in [0.05, 0.1) is 0 Å². The van der Waals surface area contributed by atoms with Crippen LogP contribution in [-0.2, 0) is 4.79 Å². The van der Waals surface area contributed by atoms with Crippen molar-refractivity contribution in [1.82, 2.24) is 0 Å². The van der Waals surface area contributed by atoms with Crippen molar-refractivity contribution >= 4 is 5.97 Å². The molecular formula is C12H17NaO2. The van der Waals surface area contributed by atoms with Gasteiger partial charge in [0.1, 0.15) is 0 Å².